The molecule has 0 radical (unpaired) electrons. The number of nitrogens with zero attached hydrogens (tertiary/aromatic N) is 2. The molecule has 14 heteroatoms. The number of aryl methyl sites for hydroxylation is 1. The van der Waals surface area contributed by atoms with Crippen molar-refractivity contribution in [1.29, 1.82) is 0 Å². The van der Waals surface area contributed by atoms with Crippen LogP contribution in [0.2, 0.25) is 0 Å². The van der Waals surface area contributed by atoms with Gasteiger partial charge in [-0.25, -0.2) is 9.37 Å². The molecule has 0 bridgehead atoms. The zero-order valence-corrected chi connectivity index (χ0v) is 28.5. The van der Waals surface area contributed by atoms with Crippen molar-refractivity contribution >= 4 is 35.3 Å². The topological polar surface area (TPSA) is 145 Å². The van der Waals surface area contributed by atoms with Gasteiger partial charge in [-0.05, 0) is 36.8 Å². The Hall–Kier alpha value is -3.46. The van der Waals surface area contributed by atoms with Crippen LogP contribution in [-0.4, -0.2) is 104 Å². The van der Waals surface area contributed by atoms with Gasteiger partial charge in [-0.2, -0.15) is 0 Å². The summed E-state index contributed by atoms with van der Waals surface area (Å²) in [7, 11) is 1.52. The third kappa shape index (κ3) is 9.55. The van der Waals surface area contributed by atoms with E-state index in [9.17, 15) is 23.6 Å². The molecule has 1 aromatic carbocycles. The van der Waals surface area contributed by atoms with E-state index in [1.165, 1.54) is 23.3 Å². The van der Waals surface area contributed by atoms with Crippen LogP contribution in [0.5, 0.6) is 5.75 Å². The predicted octanol–water partition coefficient (Wildman–Crippen LogP) is 2.99. The second-order valence-electron chi connectivity index (χ2n) is 12.8. The summed E-state index contributed by atoms with van der Waals surface area (Å²) in [5, 5.41) is 5.58. The summed E-state index contributed by atoms with van der Waals surface area (Å²) in [5.74, 6) is -1.08. The molecule has 12 nitrogen and oxygen atoms in total. The average molecular weight is 677 g/mol. The first-order valence-electron chi connectivity index (χ1n) is 15.7. The van der Waals surface area contributed by atoms with Crippen molar-refractivity contribution in [1.82, 2.24) is 20.5 Å². The van der Waals surface area contributed by atoms with E-state index in [-0.39, 0.29) is 64.2 Å². The van der Waals surface area contributed by atoms with Crippen molar-refractivity contribution in [2.45, 2.75) is 77.4 Å². The van der Waals surface area contributed by atoms with Crippen LogP contribution >= 0.6 is 11.3 Å². The number of thiazole rings is 1. The van der Waals surface area contributed by atoms with Gasteiger partial charge in [-0.15, -0.1) is 11.3 Å². The minimum absolute atomic E-state index is 0.0190. The molecule has 2 fully saturated rings. The summed E-state index contributed by atoms with van der Waals surface area (Å²) < 4.78 is 36.8. The maximum atomic E-state index is 14.5. The van der Waals surface area contributed by atoms with Crippen molar-refractivity contribution in [2.75, 3.05) is 46.7 Å². The van der Waals surface area contributed by atoms with E-state index in [4.69, 9.17) is 18.9 Å². The summed E-state index contributed by atoms with van der Waals surface area (Å²) in [4.78, 5) is 57.3. The number of carbonyl (C=O) groups is 4. The van der Waals surface area contributed by atoms with Gasteiger partial charge in [0.25, 0.3) is 5.91 Å². The minimum atomic E-state index is -1.94. The molecule has 0 unspecified atom stereocenters. The Morgan fingerprint density at radius 2 is 1.89 bits per heavy atom. The smallest absolute Gasteiger partial charge is 0.258 e. The number of amides is 3. The first kappa shape index (κ1) is 36.4. The molecular weight excluding hydrogens is 631 g/mol. The monoisotopic (exact) mass is 676 g/mol. The van der Waals surface area contributed by atoms with Crippen LogP contribution in [0.15, 0.2) is 23.7 Å². The van der Waals surface area contributed by atoms with E-state index in [1.54, 1.807) is 26.3 Å². The Labute approximate surface area is 278 Å². The molecule has 2 aliphatic rings. The summed E-state index contributed by atoms with van der Waals surface area (Å²) in [6, 6.07) is 3.83. The molecule has 1 aliphatic heterocycles. The lowest BCUT2D eigenvalue weighted by Gasteiger charge is -2.35. The summed E-state index contributed by atoms with van der Waals surface area (Å²) >= 11 is 1.51. The van der Waals surface area contributed by atoms with Crippen LogP contribution in [0, 0.1) is 12.3 Å². The van der Waals surface area contributed by atoms with Gasteiger partial charge in [-0.1, -0.05) is 32.9 Å². The Morgan fingerprint density at radius 3 is 2.53 bits per heavy atom. The molecule has 3 amide bonds. The van der Waals surface area contributed by atoms with Crippen molar-refractivity contribution in [3.63, 3.8) is 0 Å². The summed E-state index contributed by atoms with van der Waals surface area (Å²) in [5.41, 5.74) is 1.63. The number of hydrogen-bond acceptors (Lipinski definition) is 10. The molecule has 258 valence electrons. The highest BCUT2D eigenvalue weighted by atomic mass is 32.1. The molecule has 1 saturated heterocycles. The molecule has 1 saturated carbocycles. The maximum Gasteiger partial charge on any atom is 0.258 e. The molecular formula is C33H45FN4O8S. The largest absolute Gasteiger partial charge is 0.491 e. The van der Waals surface area contributed by atoms with Crippen molar-refractivity contribution < 1.29 is 42.5 Å². The van der Waals surface area contributed by atoms with Crippen molar-refractivity contribution in [2.24, 2.45) is 5.41 Å². The summed E-state index contributed by atoms with van der Waals surface area (Å²) in [6.45, 7) is 8.73. The van der Waals surface area contributed by atoms with Gasteiger partial charge < -0.3 is 39.3 Å². The Kier molecular flexibility index (Phi) is 12.5. The number of benzene rings is 1. The first-order chi connectivity index (χ1) is 22.4. The zero-order chi connectivity index (χ0) is 34.2. The van der Waals surface area contributed by atoms with E-state index in [2.05, 4.69) is 15.6 Å². The van der Waals surface area contributed by atoms with Crippen LogP contribution in [0.3, 0.4) is 0 Å². The Morgan fingerprint density at radius 1 is 1.17 bits per heavy atom. The SMILES string of the molecule is CO[C@@H]1C[C@@H](C(=O)NCc2ccc(-c3scnc3C)cc2OCCOCCOCC=O)N(C(=O)[C@@H](NC(=O)C2(F)CC2)C(C)(C)C)C1. The normalized spacial score (nSPS) is 19.2. The average Bonchev–Trinajstić information content (AvgIpc) is 3.42. The van der Waals surface area contributed by atoms with Crippen molar-refractivity contribution in [3.05, 3.63) is 35.0 Å². The maximum absolute atomic E-state index is 14.5. The second-order valence-corrected chi connectivity index (χ2v) is 13.7. The van der Waals surface area contributed by atoms with Gasteiger partial charge in [0, 0.05) is 32.2 Å². The van der Waals surface area contributed by atoms with Crippen molar-refractivity contribution in [3.8, 4) is 16.2 Å². The number of nitrogens with one attached hydrogen (secondary N) is 2. The van der Waals surface area contributed by atoms with Gasteiger partial charge in [0.15, 0.2) is 5.67 Å². The Balaban J connectivity index is 1.45. The van der Waals surface area contributed by atoms with Crippen LogP contribution in [0.25, 0.3) is 10.4 Å². The number of ether oxygens (including phenoxy) is 4. The van der Waals surface area contributed by atoms with E-state index in [0.29, 0.717) is 25.2 Å². The molecule has 2 N–H and O–H groups in total. The number of aromatic nitrogens is 1. The highest BCUT2D eigenvalue weighted by Gasteiger charge is 2.53. The number of carbonyl (C=O) groups excluding carboxylic acids is 4. The molecule has 1 aliphatic carbocycles. The number of alkyl halides is 1. The predicted molar refractivity (Wildman–Crippen MR) is 173 cm³/mol. The van der Waals surface area contributed by atoms with Gasteiger partial charge in [0.2, 0.25) is 11.8 Å². The highest BCUT2D eigenvalue weighted by Crippen LogP contribution is 2.40. The molecule has 2 heterocycles. The number of likely N-dealkylation sites (tertiary alicyclic amines) is 1. The second kappa shape index (κ2) is 16.1. The molecule has 0 spiro atoms. The van der Waals surface area contributed by atoms with Crippen LogP contribution in [0.1, 0.15) is 51.3 Å². The van der Waals surface area contributed by atoms with Gasteiger partial charge in [0.1, 0.15) is 37.3 Å². The molecule has 2 aromatic rings. The molecule has 1 aromatic heterocycles. The fraction of sp³-hybridized carbons (Fsp3) is 0.606. The Bertz CT molecular complexity index is 1410. The number of halogens is 1. The number of hydrogen-bond donors (Lipinski definition) is 2. The first-order valence-corrected chi connectivity index (χ1v) is 16.6. The zero-order valence-electron chi connectivity index (χ0n) is 27.6. The standard InChI is InChI=1S/C33H45FN4O8S/c1-21-27(47-20-36-21)22-6-7-23(26(16-22)46-15-14-45-13-12-44-11-10-39)18-35-29(40)25-17-24(43-5)19-38(25)30(41)28(32(2,3)4)37-31(42)33(34)8-9-33/h6-7,10,16,20,24-25,28H,8-9,11-15,17-19H2,1-5H3,(H,35,40)(H,37,42)/t24-,25+,28-/m1/s1. The van der Waals surface area contributed by atoms with Crippen LogP contribution in [0.4, 0.5) is 4.39 Å². The fourth-order valence-electron chi connectivity index (χ4n) is 5.29. The minimum Gasteiger partial charge on any atom is -0.491 e. The van der Waals surface area contributed by atoms with Gasteiger partial charge in [0.05, 0.1) is 42.0 Å². The molecule has 47 heavy (non-hydrogen) atoms. The lowest BCUT2D eigenvalue weighted by molar-refractivity contribution is -0.145. The van der Waals surface area contributed by atoms with Gasteiger partial charge >= 0.3 is 0 Å². The van der Waals surface area contributed by atoms with E-state index >= 15 is 0 Å². The van der Waals surface area contributed by atoms with E-state index in [1.807, 2.05) is 25.1 Å². The molecule has 4 rings (SSSR count). The van der Waals surface area contributed by atoms with E-state index < -0.39 is 35.0 Å². The third-order valence-corrected chi connectivity index (χ3v) is 9.21. The van der Waals surface area contributed by atoms with Crippen LogP contribution < -0.4 is 15.4 Å². The summed E-state index contributed by atoms with van der Waals surface area (Å²) in [6.07, 6.45) is 0.828. The fourth-order valence-corrected chi connectivity index (χ4v) is 6.09. The van der Waals surface area contributed by atoms with E-state index in [0.717, 1.165) is 21.7 Å². The number of methoxy groups -OCH3 is 1. The lowest BCUT2D eigenvalue weighted by atomic mass is 9.85. The van der Waals surface area contributed by atoms with Crippen LogP contribution in [-0.2, 0) is 39.9 Å². The third-order valence-electron chi connectivity index (χ3n) is 8.24. The number of rotatable bonds is 17. The highest BCUT2D eigenvalue weighted by molar-refractivity contribution is 7.13. The van der Waals surface area contributed by atoms with Gasteiger partial charge in [-0.3, -0.25) is 14.4 Å². The quantitative estimate of drug-likeness (QED) is 0.191. The molecule has 3 atom stereocenters. The number of aldehydes is 1. The lowest BCUT2D eigenvalue weighted by Crippen LogP contribution is -2.59.